The van der Waals surface area contributed by atoms with Crippen LogP contribution in [0.25, 0.3) is 0 Å². The number of rotatable bonds is 15. The van der Waals surface area contributed by atoms with E-state index in [2.05, 4.69) is 16.0 Å². The van der Waals surface area contributed by atoms with Crippen LogP contribution < -0.4 is 16.0 Å². The van der Waals surface area contributed by atoms with Crippen molar-refractivity contribution < 1.29 is 62.1 Å². The molecule has 0 aliphatic rings. The molecule has 0 aromatic rings. The molecule has 0 saturated heterocycles. The third-order valence-electron chi connectivity index (χ3n) is 4.55. The molecular weight excluding hydrogens is 566 g/mol. The third-order valence-corrected chi connectivity index (χ3v) is 4.55. The standard InChI is InChI=1S/3C9H17NO3.Fe/c3*1-7(12)4-8(13)10-5-9(2,3)6-11;/h3*4,10-11,13H,5-6H2,1-3H3;. The van der Waals surface area contributed by atoms with Gasteiger partial charge in [0, 0.05) is 91.0 Å². The molecule has 0 aliphatic heterocycles. The number of nitrogens with one attached hydrogen (secondary N) is 3. The average Bonchev–Trinajstić information content (AvgIpc) is 2.80. The van der Waals surface area contributed by atoms with Crippen molar-refractivity contribution in [2.45, 2.75) is 62.3 Å². The van der Waals surface area contributed by atoms with E-state index in [4.69, 9.17) is 30.6 Å². The topological polar surface area (TPSA) is 209 Å². The maximum Gasteiger partial charge on any atom is 0.187 e. The van der Waals surface area contributed by atoms with E-state index < -0.39 is 0 Å². The fourth-order valence-electron chi connectivity index (χ4n) is 1.89. The van der Waals surface area contributed by atoms with Crippen LogP contribution in [0, 0.1) is 16.2 Å². The Bertz CT molecular complexity index is 743. The molecule has 0 saturated carbocycles. The second kappa shape index (κ2) is 22.2. The van der Waals surface area contributed by atoms with Crippen molar-refractivity contribution in [1.29, 1.82) is 0 Å². The molecule has 0 fully saturated rings. The Morgan fingerprint density at radius 3 is 0.825 bits per heavy atom. The minimum atomic E-state index is -0.307. The van der Waals surface area contributed by atoms with Crippen molar-refractivity contribution in [1.82, 2.24) is 16.0 Å². The smallest absolute Gasteiger partial charge is 0.187 e. The fraction of sp³-hybridized carbons (Fsp3) is 0.667. The molecule has 0 radical (unpaired) electrons. The van der Waals surface area contributed by atoms with E-state index in [9.17, 15) is 14.4 Å². The van der Waals surface area contributed by atoms with Crippen LogP contribution in [0.2, 0.25) is 0 Å². The van der Waals surface area contributed by atoms with Gasteiger partial charge in [-0.15, -0.1) is 0 Å². The summed E-state index contributed by atoms with van der Waals surface area (Å²) in [4.78, 5) is 31.6. The second-order valence-corrected chi connectivity index (χ2v) is 11.4. The monoisotopic (exact) mass is 617 g/mol. The van der Waals surface area contributed by atoms with Gasteiger partial charge in [0.15, 0.2) is 35.0 Å². The van der Waals surface area contributed by atoms with Crippen molar-refractivity contribution in [2.75, 3.05) is 39.5 Å². The van der Waals surface area contributed by atoms with Gasteiger partial charge in [-0.1, -0.05) is 41.5 Å². The summed E-state index contributed by atoms with van der Waals surface area (Å²) < 4.78 is 0. The van der Waals surface area contributed by atoms with Crippen LogP contribution >= 0.6 is 0 Å². The van der Waals surface area contributed by atoms with Gasteiger partial charge in [0.05, 0.1) is 0 Å². The first-order valence-corrected chi connectivity index (χ1v) is 12.4. The summed E-state index contributed by atoms with van der Waals surface area (Å²) in [5.74, 6) is -1.12. The number of aliphatic hydroxyl groups is 6. The van der Waals surface area contributed by atoms with Crippen molar-refractivity contribution in [2.24, 2.45) is 16.2 Å². The fourth-order valence-corrected chi connectivity index (χ4v) is 1.89. The van der Waals surface area contributed by atoms with Gasteiger partial charge in [-0.25, -0.2) is 0 Å². The minimum Gasteiger partial charge on any atom is -0.495 e. The Labute approximate surface area is 249 Å². The number of allylic oxidation sites excluding steroid dienone is 3. The SMILES string of the molecule is CC(=O)C=C(O)NCC(C)(C)CO.CC(=O)C=C(O)NCC(C)(C)CO.CC(=O)C=C(O)NCC(C)(C)CO.[Fe]. The van der Waals surface area contributed by atoms with Crippen LogP contribution in [-0.4, -0.2) is 87.4 Å². The predicted octanol–water partition coefficient (Wildman–Crippen LogP) is 1.75. The Kier molecular flexibility index (Phi) is 24.6. The maximum atomic E-state index is 10.5. The average molecular weight is 618 g/mol. The molecule has 236 valence electrons. The first kappa shape index (κ1) is 44.4. The summed E-state index contributed by atoms with van der Waals surface area (Å²) >= 11 is 0. The van der Waals surface area contributed by atoms with Gasteiger partial charge in [0.1, 0.15) is 0 Å². The molecule has 0 heterocycles. The first-order chi connectivity index (χ1) is 17.6. The quantitative estimate of drug-likeness (QED) is 0.0732. The zero-order valence-electron chi connectivity index (χ0n) is 25.2. The van der Waals surface area contributed by atoms with E-state index in [0.717, 1.165) is 18.2 Å². The Balaban J connectivity index is -0.000000240. The van der Waals surface area contributed by atoms with Gasteiger partial charge in [0.25, 0.3) is 0 Å². The van der Waals surface area contributed by atoms with Crippen LogP contribution in [0.1, 0.15) is 62.3 Å². The Morgan fingerprint density at radius 1 is 0.525 bits per heavy atom. The third kappa shape index (κ3) is 31.6. The van der Waals surface area contributed by atoms with Crippen molar-refractivity contribution in [3.05, 3.63) is 35.9 Å². The van der Waals surface area contributed by atoms with Gasteiger partial charge in [0.2, 0.25) is 0 Å². The number of carbonyl (C=O) groups excluding carboxylic acids is 3. The summed E-state index contributed by atoms with van der Waals surface area (Å²) in [6, 6.07) is 0. The van der Waals surface area contributed by atoms with Crippen molar-refractivity contribution >= 4 is 17.3 Å². The molecule has 0 aromatic heterocycles. The predicted molar refractivity (Wildman–Crippen MR) is 151 cm³/mol. The van der Waals surface area contributed by atoms with Crippen molar-refractivity contribution in [3.8, 4) is 0 Å². The van der Waals surface area contributed by atoms with Crippen LogP contribution in [0.3, 0.4) is 0 Å². The number of ketones is 3. The van der Waals surface area contributed by atoms with E-state index in [1.807, 2.05) is 41.5 Å². The zero-order chi connectivity index (χ0) is 31.4. The molecule has 0 rings (SSSR count). The number of carbonyl (C=O) groups is 3. The molecule has 12 nitrogen and oxygen atoms in total. The first-order valence-electron chi connectivity index (χ1n) is 12.4. The number of hydrogen-bond donors (Lipinski definition) is 9. The number of hydrogen-bond acceptors (Lipinski definition) is 12. The molecule has 0 bridgehead atoms. The van der Waals surface area contributed by atoms with Crippen molar-refractivity contribution in [3.63, 3.8) is 0 Å². The van der Waals surface area contributed by atoms with E-state index >= 15 is 0 Å². The zero-order valence-corrected chi connectivity index (χ0v) is 26.3. The summed E-state index contributed by atoms with van der Waals surface area (Å²) in [5, 5.41) is 61.9. The van der Waals surface area contributed by atoms with Crippen LogP contribution in [-0.2, 0) is 31.5 Å². The second-order valence-electron chi connectivity index (χ2n) is 11.4. The number of aliphatic hydroxyl groups excluding tert-OH is 6. The van der Waals surface area contributed by atoms with Crippen LogP contribution in [0.4, 0.5) is 0 Å². The summed E-state index contributed by atoms with van der Waals surface area (Å²) in [5.41, 5.74) is -0.921. The Morgan fingerprint density at radius 2 is 0.700 bits per heavy atom. The molecule has 0 aromatic carbocycles. The van der Waals surface area contributed by atoms with Gasteiger partial charge in [-0.3, -0.25) is 14.4 Å². The van der Waals surface area contributed by atoms with E-state index in [0.29, 0.717) is 19.6 Å². The van der Waals surface area contributed by atoms with E-state index in [1.165, 1.54) is 20.8 Å². The van der Waals surface area contributed by atoms with E-state index in [1.54, 1.807) is 0 Å². The van der Waals surface area contributed by atoms with E-state index in [-0.39, 0.29) is 88.1 Å². The van der Waals surface area contributed by atoms with Crippen LogP contribution in [0.15, 0.2) is 35.9 Å². The van der Waals surface area contributed by atoms with Gasteiger partial charge in [-0.2, -0.15) is 0 Å². The Hall–Kier alpha value is -2.57. The molecule has 40 heavy (non-hydrogen) atoms. The maximum absolute atomic E-state index is 10.5. The molecule has 13 heteroatoms. The molecular formula is C27H51FeN3O9. The molecule has 0 unspecified atom stereocenters. The molecule has 0 aliphatic carbocycles. The largest absolute Gasteiger partial charge is 0.495 e. The van der Waals surface area contributed by atoms with Gasteiger partial charge >= 0.3 is 0 Å². The molecule has 0 amide bonds. The summed E-state index contributed by atoms with van der Waals surface area (Å²) in [6.45, 7) is 16.5. The summed E-state index contributed by atoms with van der Waals surface area (Å²) in [6.07, 6.45) is 3.31. The van der Waals surface area contributed by atoms with Gasteiger partial charge < -0.3 is 46.6 Å². The molecule has 0 atom stereocenters. The normalized spacial score (nSPS) is 12.4. The summed E-state index contributed by atoms with van der Waals surface area (Å²) in [7, 11) is 0. The molecule has 0 spiro atoms. The molecule has 9 N–H and O–H groups in total. The minimum absolute atomic E-state index is 0. The van der Waals surface area contributed by atoms with Gasteiger partial charge in [-0.05, 0) is 20.8 Å². The van der Waals surface area contributed by atoms with Crippen LogP contribution in [0.5, 0.6) is 0 Å².